The Bertz CT molecular complexity index is 4530. The van der Waals surface area contributed by atoms with Gasteiger partial charge in [0.05, 0.1) is 33.4 Å². The molecule has 23 N–H and O–H groups in total. The SMILES string of the molecule is O=C(OC[C@H]1O[C@H](O)[C@H](OC(=O)c2cc(O)c(O)c(O)c2)[C@@H](OC(=O)c2cc(O)c(O)c(O)c2)[C@@H]1OC(=O)c1cc(O)c(O)c(O)c1Oc1cc2c(c(O)c1O)-c1c(cc(O)c(O)c1O)C(=O)O[C@H]1[C@H](O)[C@H](O)[C@@H](OC(=O)c3cc(O)c(O)c(O)c3)O[C@H]1COC2=O)c1cc(O)c(O)c(O)c1. The van der Waals surface area contributed by atoms with Gasteiger partial charge < -0.3 is 165 Å². The zero-order valence-corrected chi connectivity index (χ0v) is 49.8. The standard InChI is InChI=1S/C61H48O40/c62-21-1-14(2-22(63)36(21)72)53(84)92-13-33-50(51(99-54(85)15-3-23(64)37(73)24(65)4-15)52(60(91)95-33)100-55(86)16-5-25(66)38(74)26(67)6-16)98-59(90)20-10-30(71)41(77)45(81)48(20)94-31-11-19-35(44(80)42(31)78)34-18(9-29(70)40(76)43(34)79)58(89)97-49-32(12-93-57(19)88)96-61(47(83)46(49)82)101-56(87)17-7-27(68)39(75)28(69)8-17/h1-11,32-33,46-47,49-52,60-83,91H,12-13H2/t32-,33+,46+,47-,49+,50+,51-,52+,60-,61+/m0/s1. The van der Waals surface area contributed by atoms with Crippen molar-refractivity contribution >= 4 is 41.8 Å². The molecule has 0 aliphatic carbocycles. The van der Waals surface area contributed by atoms with Crippen molar-refractivity contribution in [2.24, 2.45) is 0 Å². The Hall–Kier alpha value is -13.6. The van der Waals surface area contributed by atoms with Crippen LogP contribution in [0.5, 0.6) is 126 Å². The molecule has 3 heterocycles. The Morgan fingerprint density at radius 1 is 0.396 bits per heavy atom. The number of aliphatic hydroxyl groups excluding tert-OH is 3. The molecule has 101 heavy (non-hydrogen) atoms. The minimum absolute atomic E-state index is 0.189. The minimum atomic E-state index is -2.74. The minimum Gasteiger partial charge on any atom is -0.504 e. The summed E-state index contributed by atoms with van der Waals surface area (Å²) in [6.45, 7) is -2.73. The van der Waals surface area contributed by atoms with Crippen LogP contribution in [0.25, 0.3) is 11.1 Å². The molecule has 0 bridgehead atoms. The maximum atomic E-state index is 15.0. The fourth-order valence-corrected chi connectivity index (χ4v) is 10.2. The van der Waals surface area contributed by atoms with Gasteiger partial charge in [0.15, 0.2) is 134 Å². The van der Waals surface area contributed by atoms with Crippen LogP contribution in [0.15, 0.2) is 66.7 Å². The van der Waals surface area contributed by atoms with Gasteiger partial charge in [-0.1, -0.05) is 0 Å². The average Bonchev–Trinajstić information content (AvgIpc) is 1.59. The van der Waals surface area contributed by atoms with Gasteiger partial charge in [-0.15, -0.1) is 0 Å². The molecule has 10 rings (SSSR count). The maximum absolute atomic E-state index is 15.0. The third-order valence-electron chi connectivity index (χ3n) is 15.2. The first-order chi connectivity index (χ1) is 47.5. The molecule has 532 valence electrons. The lowest BCUT2D eigenvalue weighted by Crippen LogP contribution is -2.62. The van der Waals surface area contributed by atoms with Crippen molar-refractivity contribution in [2.75, 3.05) is 13.2 Å². The van der Waals surface area contributed by atoms with Gasteiger partial charge >= 0.3 is 41.8 Å². The molecule has 7 aromatic carbocycles. The lowest BCUT2D eigenvalue weighted by atomic mass is 9.91. The first kappa shape index (κ1) is 70.2. The zero-order chi connectivity index (χ0) is 74.0. The van der Waals surface area contributed by atoms with E-state index in [0.29, 0.717) is 60.7 Å². The van der Waals surface area contributed by atoms with Crippen molar-refractivity contribution in [3.05, 3.63) is 106 Å². The molecule has 10 atom stereocenters. The summed E-state index contributed by atoms with van der Waals surface area (Å²) in [7, 11) is 0. The van der Waals surface area contributed by atoms with Gasteiger partial charge in [0.1, 0.15) is 43.2 Å². The van der Waals surface area contributed by atoms with Gasteiger partial charge in [-0.25, -0.2) is 33.6 Å². The third kappa shape index (κ3) is 13.2. The van der Waals surface area contributed by atoms with Crippen LogP contribution in [0.4, 0.5) is 0 Å². The summed E-state index contributed by atoms with van der Waals surface area (Å²) in [5.41, 5.74) is -9.77. The van der Waals surface area contributed by atoms with E-state index in [9.17, 15) is 146 Å². The van der Waals surface area contributed by atoms with Crippen molar-refractivity contribution in [3.63, 3.8) is 0 Å². The highest BCUT2D eigenvalue weighted by Crippen LogP contribution is 2.56. The quantitative estimate of drug-likeness (QED) is 0.0431. The summed E-state index contributed by atoms with van der Waals surface area (Å²) in [4.78, 5) is 98.5. The van der Waals surface area contributed by atoms with Gasteiger partial charge in [0.2, 0.25) is 29.3 Å². The molecular formula is C61H48O40. The van der Waals surface area contributed by atoms with E-state index in [0.717, 1.165) is 0 Å². The number of cyclic esters (lactones) is 1. The Labute approximate surface area is 556 Å². The van der Waals surface area contributed by atoms with Crippen LogP contribution in [-0.4, -0.2) is 234 Å². The van der Waals surface area contributed by atoms with Crippen LogP contribution in [0.2, 0.25) is 0 Å². The molecule has 40 nitrogen and oxygen atoms in total. The van der Waals surface area contributed by atoms with Crippen molar-refractivity contribution in [3.8, 4) is 138 Å². The van der Waals surface area contributed by atoms with Crippen LogP contribution in [0.3, 0.4) is 0 Å². The van der Waals surface area contributed by atoms with E-state index in [1.807, 2.05) is 0 Å². The number of carbonyl (C=O) groups is 7. The number of phenols is 20. The number of aromatic hydroxyl groups is 20. The Balaban J connectivity index is 1.07. The van der Waals surface area contributed by atoms with Crippen LogP contribution in [0.1, 0.15) is 72.5 Å². The number of phenolic OH excluding ortho intramolecular Hbond substituents is 20. The monoisotopic (exact) mass is 1420 g/mol. The summed E-state index contributed by atoms with van der Waals surface area (Å²) in [6, 6.07) is 4.93. The summed E-state index contributed by atoms with van der Waals surface area (Å²) in [6.07, 6.45) is -24.9. The fraction of sp³-hybridized carbons (Fsp3) is 0.197. The van der Waals surface area contributed by atoms with Crippen molar-refractivity contribution < 1.29 is 198 Å². The second kappa shape index (κ2) is 26.8. The zero-order valence-electron chi connectivity index (χ0n) is 49.8. The van der Waals surface area contributed by atoms with Gasteiger partial charge in [0.25, 0.3) is 0 Å². The van der Waals surface area contributed by atoms with E-state index < -0.39 is 293 Å². The Morgan fingerprint density at radius 3 is 1.30 bits per heavy atom. The highest BCUT2D eigenvalue weighted by molar-refractivity contribution is 6.09. The first-order valence-electron chi connectivity index (χ1n) is 28.0. The maximum Gasteiger partial charge on any atom is 0.342 e. The van der Waals surface area contributed by atoms with E-state index >= 15 is 4.79 Å². The summed E-state index contributed by atoms with van der Waals surface area (Å²) in [5.74, 6) is -42.0. The molecule has 0 amide bonds. The average molecular weight is 1420 g/mol. The molecule has 0 radical (unpaired) electrons. The highest BCUT2D eigenvalue weighted by Gasteiger charge is 2.54. The van der Waals surface area contributed by atoms with Gasteiger partial charge in [-0.2, -0.15) is 0 Å². The molecule has 0 unspecified atom stereocenters. The van der Waals surface area contributed by atoms with Gasteiger partial charge in [-0.05, 0) is 54.6 Å². The second-order valence-electron chi connectivity index (χ2n) is 21.7. The predicted octanol–water partition coefficient (Wildman–Crippen LogP) is 0.808. The smallest absolute Gasteiger partial charge is 0.342 e. The molecule has 0 spiro atoms. The van der Waals surface area contributed by atoms with Crippen molar-refractivity contribution in [1.29, 1.82) is 0 Å². The molecule has 3 aliphatic heterocycles. The number of hydrogen-bond donors (Lipinski definition) is 23. The van der Waals surface area contributed by atoms with Gasteiger partial charge in [-0.3, -0.25) is 0 Å². The van der Waals surface area contributed by atoms with Crippen LogP contribution >= 0.6 is 0 Å². The van der Waals surface area contributed by atoms with Crippen molar-refractivity contribution in [1.82, 2.24) is 0 Å². The molecule has 0 saturated carbocycles. The number of fused-ring (bicyclic) bond motifs is 4. The molecule has 40 heteroatoms. The topological polar surface area (TPSA) is 677 Å². The number of aliphatic hydroxyl groups is 3. The number of carbonyl (C=O) groups excluding carboxylic acids is 7. The largest absolute Gasteiger partial charge is 0.504 e. The molecular weight excluding hydrogens is 1370 g/mol. The number of esters is 7. The van der Waals surface area contributed by atoms with Crippen LogP contribution < -0.4 is 4.74 Å². The number of ether oxygens (including phenoxy) is 10. The normalized spacial score (nSPS) is 20.9. The van der Waals surface area contributed by atoms with E-state index in [-0.39, 0.29) is 6.07 Å². The molecule has 0 aromatic heterocycles. The van der Waals surface area contributed by atoms with Crippen LogP contribution in [0, 0.1) is 0 Å². The van der Waals surface area contributed by atoms with E-state index in [1.165, 1.54) is 0 Å². The van der Waals surface area contributed by atoms with E-state index in [4.69, 9.17) is 47.4 Å². The molecule has 2 saturated heterocycles. The first-order valence-corrected chi connectivity index (χ1v) is 28.0. The lowest BCUT2D eigenvalue weighted by Gasteiger charge is -2.42. The molecule has 2 fully saturated rings. The molecule has 7 aromatic rings. The highest BCUT2D eigenvalue weighted by atomic mass is 16.7. The number of hydrogen-bond acceptors (Lipinski definition) is 40. The number of rotatable bonds is 13. The number of benzene rings is 7. The van der Waals surface area contributed by atoms with E-state index in [2.05, 4.69) is 0 Å². The predicted molar refractivity (Wildman–Crippen MR) is 312 cm³/mol. The summed E-state index contributed by atoms with van der Waals surface area (Å²) < 4.78 is 54.6. The van der Waals surface area contributed by atoms with Crippen molar-refractivity contribution in [2.45, 2.75) is 61.4 Å². The third-order valence-corrected chi connectivity index (χ3v) is 15.2. The second-order valence-corrected chi connectivity index (χ2v) is 21.7. The summed E-state index contributed by atoms with van der Waals surface area (Å²) >= 11 is 0. The Kier molecular flexibility index (Phi) is 18.6. The summed E-state index contributed by atoms with van der Waals surface area (Å²) in [5, 5.41) is 245. The van der Waals surface area contributed by atoms with E-state index in [1.54, 1.807) is 0 Å². The lowest BCUT2D eigenvalue weighted by molar-refractivity contribution is -0.284. The fourth-order valence-electron chi connectivity index (χ4n) is 10.2. The Morgan fingerprint density at radius 2 is 0.802 bits per heavy atom. The molecule has 3 aliphatic rings. The van der Waals surface area contributed by atoms with Crippen LogP contribution in [-0.2, 0) is 42.6 Å². The van der Waals surface area contributed by atoms with Gasteiger partial charge in [0, 0.05) is 23.3 Å².